The number of thiazole rings is 1. The second-order valence-electron chi connectivity index (χ2n) is 4.58. The minimum Gasteiger partial charge on any atom is -0.375 e. The molecule has 1 aliphatic heterocycles. The van der Waals surface area contributed by atoms with Gasteiger partial charge in [0, 0.05) is 17.6 Å². The molecular formula is C14H14BrN3O2S. The summed E-state index contributed by atoms with van der Waals surface area (Å²) in [4.78, 5) is 30.6. The number of carbonyl (C=O) groups excluding carboxylic acids is 2. The van der Waals surface area contributed by atoms with Crippen molar-refractivity contribution < 1.29 is 9.59 Å². The Morgan fingerprint density at radius 1 is 1.14 bits per heavy atom. The normalized spacial score (nSPS) is 13.2. The van der Waals surface area contributed by atoms with E-state index >= 15 is 0 Å². The third kappa shape index (κ3) is 2.98. The predicted molar refractivity (Wildman–Crippen MR) is 87.0 cm³/mol. The molecule has 0 radical (unpaired) electrons. The summed E-state index contributed by atoms with van der Waals surface area (Å²) in [6.45, 7) is 0.421. The lowest BCUT2D eigenvalue weighted by Gasteiger charge is -2.12. The number of benzene rings is 1. The van der Waals surface area contributed by atoms with Gasteiger partial charge in [-0.1, -0.05) is 12.1 Å². The van der Waals surface area contributed by atoms with Gasteiger partial charge in [0.05, 0.1) is 11.1 Å². The molecule has 1 aromatic heterocycles. The number of anilines is 1. The van der Waals surface area contributed by atoms with Crippen molar-refractivity contribution in [1.82, 2.24) is 9.88 Å². The molecule has 0 fully saturated rings. The molecule has 0 atom stereocenters. The van der Waals surface area contributed by atoms with Gasteiger partial charge in [-0.15, -0.1) is 28.3 Å². The summed E-state index contributed by atoms with van der Waals surface area (Å²) >= 11 is 1.44. The Labute approximate surface area is 136 Å². The number of nitrogens with zero attached hydrogens (tertiary/aromatic N) is 2. The van der Waals surface area contributed by atoms with Gasteiger partial charge in [0.25, 0.3) is 11.8 Å². The van der Waals surface area contributed by atoms with Crippen LogP contribution in [0.4, 0.5) is 5.13 Å². The van der Waals surface area contributed by atoms with Crippen molar-refractivity contribution in [3.63, 3.8) is 0 Å². The lowest BCUT2D eigenvalue weighted by molar-refractivity contribution is 0.0652. The van der Waals surface area contributed by atoms with Crippen LogP contribution in [0.1, 0.15) is 32.0 Å². The molecule has 3 rings (SSSR count). The maximum Gasteiger partial charge on any atom is 0.261 e. The molecule has 1 aromatic carbocycles. The zero-order valence-corrected chi connectivity index (χ0v) is 13.6. The Bertz CT molecular complexity index is 651. The Morgan fingerprint density at radius 2 is 1.76 bits per heavy atom. The van der Waals surface area contributed by atoms with Gasteiger partial charge in [0.1, 0.15) is 0 Å². The maximum absolute atomic E-state index is 12.1. The van der Waals surface area contributed by atoms with Crippen molar-refractivity contribution in [2.45, 2.75) is 12.8 Å². The first-order valence-corrected chi connectivity index (χ1v) is 7.14. The number of rotatable bonds is 4. The van der Waals surface area contributed by atoms with Crippen molar-refractivity contribution in [3.8, 4) is 0 Å². The van der Waals surface area contributed by atoms with Crippen molar-refractivity contribution >= 4 is 45.3 Å². The van der Waals surface area contributed by atoms with E-state index in [1.807, 2.05) is 0 Å². The van der Waals surface area contributed by atoms with E-state index in [4.69, 9.17) is 5.73 Å². The van der Waals surface area contributed by atoms with Crippen molar-refractivity contribution in [3.05, 3.63) is 46.5 Å². The zero-order valence-electron chi connectivity index (χ0n) is 11.1. The minimum absolute atomic E-state index is 0. The molecule has 0 saturated heterocycles. The summed E-state index contributed by atoms with van der Waals surface area (Å²) in [5, 5.41) is 0.542. The quantitative estimate of drug-likeness (QED) is 0.842. The van der Waals surface area contributed by atoms with E-state index in [0.29, 0.717) is 29.2 Å². The smallest absolute Gasteiger partial charge is 0.261 e. The fourth-order valence-corrected chi connectivity index (χ4v) is 3.02. The Hall–Kier alpha value is -1.73. The molecule has 0 spiro atoms. The van der Waals surface area contributed by atoms with E-state index < -0.39 is 0 Å². The highest BCUT2D eigenvalue weighted by atomic mass is 79.9. The van der Waals surface area contributed by atoms with E-state index in [2.05, 4.69) is 4.98 Å². The SMILES string of the molecule is Br.Nc1ncc(CCCN2C(=O)c3ccccc3C2=O)s1. The largest absolute Gasteiger partial charge is 0.375 e. The van der Waals surface area contributed by atoms with Crippen molar-refractivity contribution in [2.24, 2.45) is 0 Å². The number of carbonyl (C=O) groups is 2. The minimum atomic E-state index is -0.200. The highest BCUT2D eigenvalue weighted by Crippen LogP contribution is 2.23. The van der Waals surface area contributed by atoms with Crippen LogP contribution >= 0.6 is 28.3 Å². The van der Waals surface area contributed by atoms with Gasteiger partial charge in [-0.3, -0.25) is 14.5 Å². The summed E-state index contributed by atoms with van der Waals surface area (Å²) in [6, 6.07) is 6.93. The van der Waals surface area contributed by atoms with Crippen LogP contribution in [0, 0.1) is 0 Å². The summed E-state index contributed by atoms with van der Waals surface area (Å²) in [7, 11) is 0. The standard InChI is InChI=1S/C14H13N3O2S.BrH/c15-14-16-8-9(20-14)4-3-7-17-12(18)10-5-1-2-6-11(10)13(17)19;/h1-2,5-6,8H,3-4,7H2,(H2,15,16);1H. The molecule has 0 bridgehead atoms. The number of halogens is 1. The van der Waals surface area contributed by atoms with Crippen LogP contribution in [-0.2, 0) is 6.42 Å². The Morgan fingerprint density at radius 3 is 2.29 bits per heavy atom. The monoisotopic (exact) mass is 367 g/mol. The molecule has 2 aromatic rings. The number of hydrogen-bond acceptors (Lipinski definition) is 5. The average molecular weight is 368 g/mol. The number of fused-ring (bicyclic) bond motifs is 1. The van der Waals surface area contributed by atoms with Gasteiger partial charge in [-0.05, 0) is 25.0 Å². The first-order valence-electron chi connectivity index (χ1n) is 6.32. The molecule has 7 heteroatoms. The lowest BCUT2D eigenvalue weighted by atomic mass is 10.1. The summed E-state index contributed by atoms with van der Waals surface area (Å²) in [6.07, 6.45) is 3.22. The van der Waals surface area contributed by atoms with Crippen LogP contribution < -0.4 is 5.73 Å². The number of hydrogen-bond donors (Lipinski definition) is 1. The molecule has 0 saturated carbocycles. The zero-order chi connectivity index (χ0) is 14.1. The topological polar surface area (TPSA) is 76.3 Å². The van der Waals surface area contributed by atoms with E-state index in [0.717, 1.165) is 11.3 Å². The van der Waals surface area contributed by atoms with Gasteiger partial charge in [-0.2, -0.15) is 0 Å². The van der Waals surface area contributed by atoms with Crippen LogP contribution in [0.3, 0.4) is 0 Å². The molecular weight excluding hydrogens is 354 g/mol. The molecule has 0 unspecified atom stereocenters. The molecule has 1 aliphatic rings. The summed E-state index contributed by atoms with van der Waals surface area (Å²) in [5.74, 6) is -0.399. The lowest BCUT2D eigenvalue weighted by Crippen LogP contribution is -2.30. The van der Waals surface area contributed by atoms with E-state index in [1.54, 1.807) is 30.5 Å². The molecule has 2 amide bonds. The fourth-order valence-electron chi connectivity index (χ4n) is 2.29. The number of amides is 2. The van der Waals surface area contributed by atoms with Gasteiger partial charge < -0.3 is 5.73 Å². The maximum atomic E-state index is 12.1. The molecule has 0 aliphatic carbocycles. The van der Waals surface area contributed by atoms with Crippen LogP contribution in [0.5, 0.6) is 0 Å². The Kier molecular flexibility index (Phi) is 4.74. The van der Waals surface area contributed by atoms with Crippen molar-refractivity contribution in [2.75, 3.05) is 12.3 Å². The third-order valence-corrected chi connectivity index (χ3v) is 4.14. The van der Waals surface area contributed by atoms with E-state index in [-0.39, 0.29) is 28.8 Å². The fraction of sp³-hybridized carbons (Fsp3) is 0.214. The number of aromatic nitrogens is 1. The van der Waals surface area contributed by atoms with Crippen LogP contribution in [-0.4, -0.2) is 28.2 Å². The van der Waals surface area contributed by atoms with E-state index in [9.17, 15) is 9.59 Å². The molecule has 5 nitrogen and oxygen atoms in total. The summed E-state index contributed by atoms with van der Waals surface area (Å²) < 4.78 is 0. The second-order valence-corrected chi connectivity index (χ2v) is 5.72. The predicted octanol–water partition coefficient (Wildman–Crippen LogP) is 2.53. The van der Waals surface area contributed by atoms with Gasteiger partial charge >= 0.3 is 0 Å². The highest BCUT2D eigenvalue weighted by molar-refractivity contribution is 8.93. The van der Waals surface area contributed by atoms with Crippen LogP contribution in [0.25, 0.3) is 0 Å². The number of nitrogens with two attached hydrogens (primary N) is 1. The van der Waals surface area contributed by atoms with Gasteiger partial charge in [0.15, 0.2) is 5.13 Å². The number of imide groups is 1. The first-order chi connectivity index (χ1) is 9.66. The van der Waals surface area contributed by atoms with Gasteiger partial charge in [-0.25, -0.2) is 4.98 Å². The Balaban J connectivity index is 0.00000161. The van der Waals surface area contributed by atoms with Crippen LogP contribution in [0.2, 0.25) is 0 Å². The first kappa shape index (κ1) is 15.7. The number of nitrogen functional groups attached to an aromatic ring is 1. The average Bonchev–Trinajstić information content (AvgIpc) is 2.97. The molecule has 2 N–H and O–H groups in total. The molecule has 110 valence electrons. The third-order valence-electron chi connectivity index (χ3n) is 3.25. The highest BCUT2D eigenvalue weighted by Gasteiger charge is 2.34. The number of aryl methyl sites for hydroxylation is 1. The van der Waals surface area contributed by atoms with Crippen molar-refractivity contribution in [1.29, 1.82) is 0 Å². The van der Waals surface area contributed by atoms with E-state index in [1.165, 1.54) is 16.2 Å². The molecule has 2 heterocycles. The molecule has 21 heavy (non-hydrogen) atoms. The van der Waals surface area contributed by atoms with Crippen LogP contribution in [0.15, 0.2) is 30.5 Å². The second kappa shape index (κ2) is 6.36. The van der Waals surface area contributed by atoms with Gasteiger partial charge in [0.2, 0.25) is 0 Å². The summed E-state index contributed by atoms with van der Waals surface area (Å²) in [5.41, 5.74) is 6.56.